The largest absolute Gasteiger partial charge is 0.409 e. The molecule has 1 saturated heterocycles. The van der Waals surface area contributed by atoms with Crippen LogP contribution in [0, 0.1) is 6.92 Å². The highest BCUT2D eigenvalue weighted by Crippen LogP contribution is 2.24. The zero-order valence-electron chi connectivity index (χ0n) is 9.35. The van der Waals surface area contributed by atoms with E-state index in [4.69, 9.17) is 10.9 Å². The van der Waals surface area contributed by atoms with Crippen molar-refractivity contribution in [3.8, 4) is 0 Å². The molecule has 0 spiro atoms. The Morgan fingerprint density at radius 3 is 2.81 bits per heavy atom. The molecule has 0 radical (unpaired) electrons. The molecule has 2 heterocycles. The van der Waals surface area contributed by atoms with Crippen molar-refractivity contribution in [1.29, 1.82) is 0 Å². The lowest BCUT2D eigenvalue weighted by Crippen LogP contribution is -2.25. The number of amidine groups is 1. The first-order valence-corrected chi connectivity index (χ1v) is 5.42. The van der Waals surface area contributed by atoms with Crippen molar-refractivity contribution in [2.24, 2.45) is 10.9 Å². The number of hydrogen-bond acceptors (Lipinski definition) is 4. The van der Waals surface area contributed by atoms with Crippen LogP contribution < -0.4 is 10.6 Å². The van der Waals surface area contributed by atoms with E-state index < -0.39 is 0 Å². The van der Waals surface area contributed by atoms with E-state index in [-0.39, 0.29) is 5.84 Å². The maximum absolute atomic E-state index is 8.80. The van der Waals surface area contributed by atoms with Crippen LogP contribution in [0.25, 0.3) is 0 Å². The summed E-state index contributed by atoms with van der Waals surface area (Å²) in [5.41, 5.74) is 7.42. The molecule has 1 aliphatic heterocycles. The highest BCUT2D eigenvalue weighted by molar-refractivity contribution is 6.02. The van der Waals surface area contributed by atoms with E-state index in [1.165, 1.54) is 12.8 Å². The number of anilines is 1. The maximum Gasteiger partial charge on any atom is 0.174 e. The third-order valence-electron chi connectivity index (χ3n) is 2.91. The summed E-state index contributed by atoms with van der Waals surface area (Å²) >= 11 is 0. The lowest BCUT2D eigenvalue weighted by Gasteiger charge is -2.20. The molecular weight excluding hydrogens is 204 g/mol. The van der Waals surface area contributed by atoms with Crippen molar-refractivity contribution in [2.45, 2.75) is 19.8 Å². The molecule has 0 aromatic carbocycles. The van der Waals surface area contributed by atoms with Gasteiger partial charge in [0.2, 0.25) is 0 Å². The fourth-order valence-corrected chi connectivity index (χ4v) is 2.08. The summed E-state index contributed by atoms with van der Waals surface area (Å²) in [5.74, 6) is 0.959. The van der Waals surface area contributed by atoms with Crippen molar-refractivity contribution in [3.63, 3.8) is 0 Å². The summed E-state index contributed by atoms with van der Waals surface area (Å²) in [5, 5.41) is 11.9. The van der Waals surface area contributed by atoms with E-state index in [0.717, 1.165) is 30.0 Å². The molecule has 5 nitrogen and oxygen atoms in total. The number of hydrogen-bond donors (Lipinski definition) is 2. The van der Waals surface area contributed by atoms with Gasteiger partial charge in [-0.25, -0.2) is 4.98 Å². The summed E-state index contributed by atoms with van der Waals surface area (Å²) in [7, 11) is 0. The molecule has 0 bridgehead atoms. The van der Waals surface area contributed by atoms with Gasteiger partial charge in [-0.3, -0.25) is 0 Å². The van der Waals surface area contributed by atoms with Gasteiger partial charge in [0.25, 0.3) is 0 Å². The third-order valence-corrected chi connectivity index (χ3v) is 2.91. The molecule has 5 heteroatoms. The van der Waals surface area contributed by atoms with Crippen molar-refractivity contribution in [1.82, 2.24) is 4.98 Å². The Kier molecular flexibility index (Phi) is 2.94. The maximum atomic E-state index is 8.80. The van der Waals surface area contributed by atoms with E-state index in [2.05, 4.69) is 15.0 Å². The predicted molar refractivity (Wildman–Crippen MR) is 62.9 cm³/mol. The normalized spacial score (nSPS) is 16.8. The van der Waals surface area contributed by atoms with Gasteiger partial charge in [0, 0.05) is 19.3 Å². The second-order valence-electron chi connectivity index (χ2n) is 4.01. The Morgan fingerprint density at radius 2 is 2.19 bits per heavy atom. The molecule has 0 aliphatic carbocycles. The van der Waals surface area contributed by atoms with Crippen LogP contribution in [0.1, 0.15) is 24.0 Å². The van der Waals surface area contributed by atoms with Crippen molar-refractivity contribution in [3.05, 3.63) is 23.4 Å². The smallest absolute Gasteiger partial charge is 0.174 e. The van der Waals surface area contributed by atoms with Crippen LogP contribution in [0.15, 0.2) is 17.4 Å². The van der Waals surface area contributed by atoms with E-state index in [1.54, 1.807) is 6.20 Å². The third kappa shape index (κ3) is 1.80. The predicted octanol–water partition coefficient (Wildman–Crippen LogP) is 1.08. The number of nitrogens with zero attached hydrogens (tertiary/aromatic N) is 3. The molecular formula is C11H16N4O. The standard InChI is InChI=1S/C11H16N4O/c1-8-4-5-13-11(9(8)10(12)14-16)15-6-2-3-7-15/h4-5,16H,2-3,6-7H2,1H3,(H2,12,14). The minimum atomic E-state index is 0.132. The molecule has 0 unspecified atom stereocenters. The average molecular weight is 220 g/mol. The van der Waals surface area contributed by atoms with Crippen LogP contribution >= 0.6 is 0 Å². The highest BCUT2D eigenvalue weighted by atomic mass is 16.4. The fraction of sp³-hybridized carbons (Fsp3) is 0.455. The number of aryl methyl sites for hydroxylation is 1. The number of nitrogens with two attached hydrogens (primary N) is 1. The minimum absolute atomic E-state index is 0.132. The summed E-state index contributed by atoms with van der Waals surface area (Å²) < 4.78 is 0. The second kappa shape index (κ2) is 4.38. The van der Waals surface area contributed by atoms with E-state index in [9.17, 15) is 0 Å². The van der Waals surface area contributed by atoms with Crippen LogP contribution in [0.4, 0.5) is 5.82 Å². The Hall–Kier alpha value is -1.78. The quantitative estimate of drug-likeness (QED) is 0.338. The zero-order valence-corrected chi connectivity index (χ0v) is 9.35. The molecule has 16 heavy (non-hydrogen) atoms. The van der Waals surface area contributed by atoms with Crippen molar-refractivity contribution in [2.75, 3.05) is 18.0 Å². The Labute approximate surface area is 94.6 Å². The SMILES string of the molecule is Cc1ccnc(N2CCCC2)c1/C(N)=N/O. The van der Waals surface area contributed by atoms with Crippen LogP contribution in [0.2, 0.25) is 0 Å². The van der Waals surface area contributed by atoms with E-state index in [1.807, 2.05) is 13.0 Å². The van der Waals surface area contributed by atoms with Gasteiger partial charge in [0.15, 0.2) is 5.84 Å². The lowest BCUT2D eigenvalue weighted by molar-refractivity contribution is 0.318. The van der Waals surface area contributed by atoms with E-state index >= 15 is 0 Å². The number of aromatic nitrogens is 1. The van der Waals surface area contributed by atoms with Crippen molar-refractivity contribution >= 4 is 11.7 Å². The lowest BCUT2D eigenvalue weighted by atomic mass is 10.1. The van der Waals surface area contributed by atoms with Gasteiger partial charge >= 0.3 is 0 Å². The first kappa shape index (κ1) is 10.7. The van der Waals surface area contributed by atoms with Gasteiger partial charge in [-0.1, -0.05) is 5.16 Å². The fourth-order valence-electron chi connectivity index (χ4n) is 2.08. The van der Waals surface area contributed by atoms with Crippen LogP contribution in [0.5, 0.6) is 0 Å². The van der Waals surface area contributed by atoms with Crippen LogP contribution in [-0.4, -0.2) is 29.1 Å². The topological polar surface area (TPSA) is 74.7 Å². The summed E-state index contributed by atoms with van der Waals surface area (Å²) in [6.07, 6.45) is 4.10. The Balaban J connectivity index is 2.47. The van der Waals surface area contributed by atoms with Gasteiger partial charge in [-0.2, -0.15) is 0 Å². The first-order valence-electron chi connectivity index (χ1n) is 5.42. The van der Waals surface area contributed by atoms with Crippen molar-refractivity contribution < 1.29 is 5.21 Å². The number of oxime groups is 1. The second-order valence-corrected chi connectivity index (χ2v) is 4.01. The van der Waals surface area contributed by atoms with Gasteiger partial charge in [0.05, 0.1) is 5.56 Å². The molecule has 0 amide bonds. The summed E-state index contributed by atoms with van der Waals surface area (Å²) in [6.45, 7) is 3.92. The van der Waals surface area contributed by atoms with Crippen LogP contribution in [-0.2, 0) is 0 Å². The number of rotatable bonds is 2. The molecule has 1 fully saturated rings. The first-order chi connectivity index (χ1) is 7.74. The van der Waals surface area contributed by atoms with Gasteiger partial charge in [-0.05, 0) is 31.4 Å². The highest BCUT2D eigenvalue weighted by Gasteiger charge is 2.20. The molecule has 1 aliphatic rings. The molecule has 2 rings (SSSR count). The molecule has 1 aromatic heterocycles. The van der Waals surface area contributed by atoms with Gasteiger partial charge < -0.3 is 15.8 Å². The summed E-state index contributed by atoms with van der Waals surface area (Å²) in [4.78, 5) is 6.53. The van der Waals surface area contributed by atoms with Crippen LogP contribution in [0.3, 0.4) is 0 Å². The molecule has 3 N–H and O–H groups in total. The average Bonchev–Trinajstić information content (AvgIpc) is 2.81. The Morgan fingerprint density at radius 1 is 1.50 bits per heavy atom. The van der Waals surface area contributed by atoms with Gasteiger partial charge in [-0.15, -0.1) is 0 Å². The number of pyridine rings is 1. The van der Waals surface area contributed by atoms with Gasteiger partial charge in [0.1, 0.15) is 5.82 Å². The zero-order chi connectivity index (χ0) is 11.5. The molecule has 1 aromatic rings. The van der Waals surface area contributed by atoms with E-state index in [0.29, 0.717) is 0 Å². The minimum Gasteiger partial charge on any atom is -0.409 e. The molecule has 0 saturated carbocycles. The Bertz CT molecular complexity index is 410. The molecule has 0 atom stereocenters. The summed E-state index contributed by atoms with van der Waals surface area (Å²) in [6, 6.07) is 1.87. The molecule has 86 valence electrons. The monoisotopic (exact) mass is 220 g/mol.